The topological polar surface area (TPSA) is 48.3 Å². The van der Waals surface area contributed by atoms with Gasteiger partial charge in [0.15, 0.2) is 5.78 Å². The van der Waals surface area contributed by atoms with E-state index < -0.39 is 5.97 Å². The Labute approximate surface area is 82.5 Å². The van der Waals surface area contributed by atoms with Crippen LogP contribution in [-0.4, -0.2) is 23.4 Å². The van der Waals surface area contributed by atoms with Crippen molar-refractivity contribution in [3.63, 3.8) is 0 Å². The second-order valence-electron chi connectivity index (χ2n) is 3.16. The fourth-order valence-electron chi connectivity index (χ4n) is 1.13. The number of methoxy groups -OCH3 is 1. The van der Waals surface area contributed by atoms with E-state index in [-0.39, 0.29) is 12.2 Å². The van der Waals surface area contributed by atoms with Crippen molar-refractivity contribution in [3.8, 4) is 0 Å². The van der Waals surface area contributed by atoms with Gasteiger partial charge in [0.25, 0.3) is 0 Å². The van der Waals surface area contributed by atoms with E-state index in [9.17, 15) is 9.59 Å². The number of rotatable bonds is 3. The van der Waals surface area contributed by atoms with Gasteiger partial charge in [0.1, 0.15) is 6.42 Å². The third kappa shape index (κ3) is 2.22. The Balaban J connectivity index is 2.75. The third-order valence-electron chi connectivity index (χ3n) is 2.11. The van der Waals surface area contributed by atoms with Crippen molar-refractivity contribution in [2.75, 3.05) is 7.11 Å². The van der Waals surface area contributed by atoms with Crippen LogP contribution < -0.4 is 0 Å². The maximum absolute atomic E-state index is 11.5. The van der Waals surface area contributed by atoms with Crippen LogP contribution in [0.1, 0.15) is 22.5 Å². The van der Waals surface area contributed by atoms with E-state index in [0.717, 1.165) is 5.69 Å². The number of hydrogen-bond acceptors (Lipinski definition) is 3. The number of aryl methyl sites for hydroxylation is 2. The van der Waals surface area contributed by atoms with Crippen LogP contribution in [0.5, 0.6) is 0 Å². The van der Waals surface area contributed by atoms with Gasteiger partial charge in [0, 0.05) is 24.5 Å². The highest BCUT2D eigenvalue weighted by atomic mass is 16.5. The first-order valence-electron chi connectivity index (χ1n) is 4.27. The largest absolute Gasteiger partial charge is 0.469 e. The SMILES string of the molecule is COC(=O)CC(=O)c1cc(C)n(C)c1. The first-order valence-corrected chi connectivity index (χ1v) is 4.27. The number of Topliss-reactive ketones (excluding diaryl/α,β-unsaturated/α-hetero) is 1. The second-order valence-corrected chi connectivity index (χ2v) is 3.16. The molecule has 1 heterocycles. The lowest BCUT2D eigenvalue weighted by Gasteiger charge is -1.96. The predicted octanol–water partition coefficient (Wildman–Crippen LogP) is 1.08. The monoisotopic (exact) mass is 195 g/mol. The molecule has 4 heteroatoms. The molecule has 4 nitrogen and oxygen atoms in total. The minimum atomic E-state index is -0.503. The third-order valence-corrected chi connectivity index (χ3v) is 2.11. The summed E-state index contributed by atoms with van der Waals surface area (Å²) < 4.78 is 6.25. The highest BCUT2D eigenvalue weighted by molar-refractivity contribution is 6.05. The average Bonchev–Trinajstić information content (AvgIpc) is 2.47. The molecule has 0 saturated heterocycles. The van der Waals surface area contributed by atoms with Crippen molar-refractivity contribution in [3.05, 3.63) is 23.5 Å². The lowest BCUT2D eigenvalue weighted by Crippen LogP contribution is -2.08. The number of carbonyl (C=O) groups excluding carboxylic acids is 2. The predicted molar refractivity (Wildman–Crippen MR) is 51.1 cm³/mol. The fraction of sp³-hybridized carbons (Fsp3) is 0.400. The minimum Gasteiger partial charge on any atom is -0.469 e. The standard InChI is InChI=1S/C10H13NO3/c1-7-4-8(6-11(7)2)9(12)5-10(13)14-3/h4,6H,5H2,1-3H3. The molecule has 0 spiro atoms. The number of aromatic nitrogens is 1. The zero-order chi connectivity index (χ0) is 10.7. The summed E-state index contributed by atoms with van der Waals surface area (Å²) in [5.41, 5.74) is 1.54. The van der Waals surface area contributed by atoms with E-state index in [1.165, 1.54) is 7.11 Å². The summed E-state index contributed by atoms with van der Waals surface area (Å²) in [6, 6.07) is 1.76. The Bertz CT molecular complexity index is 346. The van der Waals surface area contributed by atoms with Crippen molar-refractivity contribution >= 4 is 11.8 Å². The van der Waals surface area contributed by atoms with Crippen molar-refractivity contribution < 1.29 is 14.3 Å². The molecule has 0 aliphatic carbocycles. The highest BCUT2D eigenvalue weighted by Crippen LogP contribution is 2.08. The van der Waals surface area contributed by atoms with Gasteiger partial charge in [-0.25, -0.2) is 0 Å². The van der Waals surface area contributed by atoms with Crippen LogP contribution in [0.15, 0.2) is 12.3 Å². The molecule has 0 aliphatic heterocycles. The van der Waals surface area contributed by atoms with Crippen LogP contribution in [0.4, 0.5) is 0 Å². The Morgan fingerprint density at radius 1 is 1.50 bits per heavy atom. The molecule has 1 rings (SSSR count). The fourth-order valence-corrected chi connectivity index (χ4v) is 1.13. The van der Waals surface area contributed by atoms with Gasteiger partial charge in [-0.15, -0.1) is 0 Å². The van der Waals surface area contributed by atoms with Crippen molar-refractivity contribution in [1.82, 2.24) is 4.57 Å². The zero-order valence-electron chi connectivity index (χ0n) is 8.53. The summed E-state index contributed by atoms with van der Waals surface area (Å²) in [6.45, 7) is 1.90. The number of ether oxygens (including phenoxy) is 1. The maximum Gasteiger partial charge on any atom is 0.313 e. The van der Waals surface area contributed by atoms with Crippen LogP contribution in [-0.2, 0) is 16.6 Å². The number of carbonyl (C=O) groups is 2. The zero-order valence-corrected chi connectivity index (χ0v) is 8.53. The molecule has 0 unspecified atom stereocenters. The van der Waals surface area contributed by atoms with Crippen LogP contribution in [0.2, 0.25) is 0 Å². The summed E-state index contributed by atoms with van der Waals surface area (Å²) in [5, 5.41) is 0. The van der Waals surface area contributed by atoms with Crippen molar-refractivity contribution in [2.45, 2.75) is 13.3 Å². The summed E-state index contributed by atoms with van der Waals surface area (Å²) in [4.78, 5) is 22.3. The van der Waals surface area contributed by atoms with E-state index >= 15 is 0 Å². The molecule has 0 aromatic carbocycles. The van der Waals surface area contributed by atoms with E-state index in [1.54, 1.807) is 12.3 Å². The van der Waals surface area contributed by atoms with E-state index in [4.69, 9.17) is 0 Å². The van der Waals surface area contributed by atoms with Crippen LogP contribution >= 0.6 is 0 Å². The minimum absolute atomic E-state index is 0.194. The second kappa shape index (κ2) is 4.09. The summed E-state index contributed by atoms with van der Waals surface area (Å²) >= 11 is 0. The van der Waals surface area contributed by atoms with Gasteiger partial charge in [0.05, 0.1) is 7.11 Å². The molecular formula is C10H13NO3. The number of esters is 1. The van der Waals surface area contributed by atoms with E-state index in [0.29, 0.717) is 5.56 Å². The Morgan fingerprint density at radius 3 is 2.57 bits per heavy atom. The lowest BCUT2D eigenvalue weighted by atomic mass is 10.1. The quantitative estimate of drug-likeness (QED) is 0.412. The van der Waals surface area contributed by atoms with Gasteiger partial charge in [-0.3, -0.25) is 9.59 Å². The van der Waals surface area contributed by atoms with Gasteiger partial charge < -0.3 is 9.30 Å². The molecule has 0 saturated carbocycles. The van der Waals surface area contributed by atoms with Crippen LogP contribution in [0.3, 0.4) is 0 Å². The molecular weight excluding hydrogens is 182 g/mol. The van der Waals surface area contributed by atoms with Crippen LogP contribution in [0, 0.1) is 6.92 Å². The smallest absolute Gasteiger partial charge is 0.313 e. The molecule has 14 heavy (non-hydrogen) atoms. The molecule has 0 fully saturated rings. The van der Waals surface area contributed by atoms with Gasteiger partial charge in [-0.1, -0.05) is 0 Å². The van der Waals surface area contributed by atoms with Gasteiger partial charge in [0.2, 0.25) is 0 Å². The first-order chi connectivity index (χ1) is 6.54. The van der Waals surface area contributed by atoms with Crippen molar-refractivity contribution in [2.24, 2.45) is 7.05 Å². The van der Waals surface area contributed by atoms with Crippen LogP contribution in [0.25, 0.3) is 0 Å². The molecule has 0 atom stereocenters. The Hall–Kier alpha value is -1.58. The molecule has 1 aromatic rings. The Kier molecular flexibility index (Phi) is 3.06. The number of hydrogen-bond donors (Lipinski definition) is 0. The first kappa shape index (κ1) is 10.5. The molecule has 76 valence electrons. The number of ketones is 1. The molecule has 0 bridgehead atoms. The lowest BCUT2D eigenvalue weighted by molar-refractivity contribution is -0.139. The van der Waals surface area contributed by atoms with Gasteiger partial charge >= 0.3 is 5.97 Å². The number of nitrogens with zero attached hydrogens (tertiary/aromatic N) is 1. The summed E-state index contributed by atoms with van der Waals surface area (Å²) in [7, 11) is 3.12. The molecule has 0 N–H and O–H groups in total. The molecule has 0 amide bonds. The Morgan fingerprint density at radius 2 is 2.14 bits per heavy atom. The summed E-state index contributed by atoms with van der Waals surface area (Å²) in [5.74, 6) is -0.711. The summed E-state index contributed by atoms with van der Waals surface area (Å²) in [6.07, 6.45) is 1.51. The van der Waals surface area contributed by atoms with Gasteiger partial charge in [-0.05, 0) is 13.0 Å². The average molecular weight is 195 g/mol. The molecule has 0 radical (unpaired) electrons. The molecule has 0 aliphatic rings. The normalized spacial score (nSPS) is 9.93. The van der Waals surface area contributed by atoms with Crippen molar-refractivity contribution in [1.29, 1.82) is 0 Å². The maximum atomic E-state index is 11.5. The van der Waals surface area contributed by atoms with E-state index in [1.807, 2.05) is 18.5 Å². The highest BCUT2D eigenvalue weighted by Gasteiger charge is 2.13. The van der Waals surface area contributed by atoms with E-state index in [2.05, 4.69) is 4.74 Å². The van der Waals surface area contributed by atoms with Gasteiger partial charge in [-0.2, -0.15) is 0 Å². The molecule has 1 aromatic heterocycles.